The number of ether oxygens (including phenoxy) is 1. The third-order valence-electron chi connectivity index (χ3n) is 4.47. The van der Waals surface area contributed by atoms with Crippen LogP contribution in [-0.4, -0.2) is 39.4 Å². The van der Waals surface area contributed by atoms with Gasteiger partial charge in [-0.15, -0.1) is 0 Å². The van der Waals surface area contributed by atoms with Gasteiger partial charge in [0.25, 0.3) is 0 Å². The summed E-state index contributed by atoms with van der Waals surface area (Å²) in [5, 5.41) is 4.55. The molecule has 1 aromatic carbocycles. The zero-order valence-corrected chi connectivity index (χ0v) is 14.3. The summed E-state index contributed by atoms with van der Waals surface area (Å²) < 4.78 is 6.90. The average molecular weight is 328 g/mol. The van der Waals surface area contributed by atoms with Crippen molar-refractivity contribution < 1.29 is 9.53 Å². The topological polar surface area (TPSA) is 60.2 Å². The van der Waals surface area contributed by atoms with Crippen LogP contribution in [0.3, 0.4) is 0 Å². The maximum atomic E-state index is 12.1. The van der Waals surface area contributed by atoms with E-state index >= 15 is 0 Å². The van der Waals surface area contributed by atoms with E-state index in [1.165, 1.54) is 12.7 Å². The van der Waals surface area contributed by atoms with E-state index in [-0.39, 0.29) is 12.1 Å². The fourth-order valence-corrected chi connectivity index (χ4v) is 3.30. The van der Waals surface area contributed by atoms with Crippen molar-refractivity contribution in [2.75, 3.05) is 13.7 Å². The minimum atomic E-state index is -0.282. The van der Waals surface area contributed by atoms with Crippen molar-refractivity contribution in [3.8, 4) is 0 Å². The lowest BCUT2D eigenvalue weighted by molar-refractivity contribution is 0.0854. The number of rotatable bonds is 4. The van der Waals surface area contributed by atoms with Crippen molar-refractivity contribution >= 4 is 6.09 Å². The van der Waals surface area contributed by atoms with E-state index in [1.54, 1.807) is 4.90 Å². The van der Waals surface area contributed by atoms with E-state index < -0.39 is 0 Å². The molecule has 0 spiro atoms. The maximum absolute atomic E-state index is 12.1. The molecule has 128 valence electrons. The third-order valence-corrected chi connectivity index (χ3v) is 4.47. The standard InChI is InChI=1S/C18H24N4O2/c1-14-19-17(16-10-6-7-12-21(16)18(23)24-2)22(20-14)13-11-15-8-4-3-5-9-15/h3-5,8-9,16H,6-7,10-13H2,1-2H3. The molecule has 1 aliphatic rings. The number of hydrogen-bond donors (Lipinski definition) is 0. The number of carbonyl (C=O) groups is 1. The van der Waals surface area contributed by atoms with Crippen molar-refractivity contribution in [2.45, 2.75) is 45.2 Å². The summed E-state index contributed by atoms with van der Waals surface area (Å²) >= 11 is 0. The van der Waals surface area contributed by atoms with E-state index in [4.69, 9.17) is 4.74 Å². The predicted molar refractivity (Wildman–Crippen MR) is 90.6 cm³/mol. The van der Waals surface area contributed by atoms with Gasteiger partial charge in [-0.25, -0.2) is 14.5 Å². The van der Waals surface area contributed by atoms with Crippen LogP contribution in [0.1, 0.15) is 42.5 Å². The number of benzene rings is 1. The summed E-state index contributed by atoms with van der Waals surface area (Å²) in [7, 11) is 1.43. The van der Waals surface area contributed by atoms with Crippen LogP contribution < -0.4 is 0 Å². The quantitative estimate of drug-likeness (QED) is 0.865. The first-order valence-corrected chi connectivity index (χ1v) is 8.49. The summed E-state index contributed by atoms with van der Waals surface area (Å²) in [6.45, 7) is 3.36. The molecule has 0 saturated carbocycles. The Hall–Kier alpha value is -2.37. The summed E-state index contributed by atoms with van der Waals surface area (Å²) in [6.07, 6.45) is 3.60. The second kappa shape index (κ2) is 7.47. The molecule has 1 fully saturated rings. The average Bonchev–Trinajstić information content (AvgIpc) is 3.00. The normalized spacial score (nSPS) is 17.8. The van der Waals surface area contributed by atoms with Gasteiger partial charge in [-0.3, -0.25) is 4.90 Å². The van der Waals surface area contributed by atoms with Crippen molar-refractivity contribution in [1.82, 2.24) is 19.7 Å². The van der Waals surface area contributed by atoms with E-state index in [2.05, 4.69) is 22.2 Å². The molecule has 0 radical (unpaired) electrons. The van der Waals surface area contributed by atoms with Crippen molar-refractivity contribution in [1.29, 1.82) is 0 Å². The molecule has 0 aliphatic carbocycles. The monoisotopic (exact) mass is 328 g/mol. The Kier molecular flexibility index (Phi) is 5.13. The van der Waals surface area contributed by atoms with Gasteiger partial charge >= 0.3 is 6.09 Å². The lowest BCUT2D eigenvalue weighted by Crippen LogP contribution is -2.39. The number of aromatic nitrogens is 3. The lowest BCUT2D eigenvalue weighted by atomic mass is 10.0. The van der Waals surface area contributed by atoms with Crippen LogP contribution in [-0.2, 0) is 17.7 Å². The Bertz CT molecular complexity index is 684. The number of aryl methyl sites for hydroxylation is 3. The fraction of sp³-hybridized carbons (Fsp3) is 0.500. The van der Waals surface area contributed by atoms with Crippen molar-refractivity contribution in [2.24, 2.45) is 0 Å². The van der Waals surface area contributed by atoms with Gasteiger partial charge < -0.3 is 4.74 Å². The van der Waals surface area contributed by atoms with E-state index in [9.17, 15) is 4.79 Å². The SMILES string of the molecule is COC(=O)N1CCCCC1c1nc(C)nn1CCc1ccccc1. The molecule has 1 aromatic heterocycles. The van der Waals surface area contributed by atoms with Crippen LogP contribution in [0, 0.1) is 6.92 Å². The molecule has 1 aliphatic heterocycles. The van der Waals surface area contributed by atoms with E-state index in [0.29, 0.717) is 6.54 Å². The highest BCUT2D eigenvalue weighted by atomic mass is 16.5. The molecular formula is C18H24N4O2. The number of amides is 1. The fourth-order valence-electron chi connectivity index (χ4n) is 3.30. The van der Waals surface area contributed by atoms with Crippen LogP contribution in [0.5, 0.6) is 0 Å². The van der Waals surface area contributed by atoms with Gasteiger partial charge in [0.1, 0.15) is 11.6 Å². The zero-order valence-electron chi connectivity index (χ0n) is 14.3. The zero-order chi connectivity index (χ0) is 16.9. The molecule has 6 heteroatoms. The molecule has 2 aromatic rings. The largest absolute Gasteiger partial charge is 0.453 e. The van der Waals surface area contributed by atoms with E-state index in [1.807, 2.05) is 29.8 Å². The van der Waals surface area contributed by atoms with Gasteiger partial charge in [0.15, 0.2) is 0 Å². The molecule has 2 heterocycles. The summed E-state index contributed by atoms with van der Waals surface area (Å²) in [5.74, 6) is 1.61. The molecule has 1 atom stereocenters. The van der Waals surface area contributed by atoms with Crippen LogP contribution in [0.2, 0.25) is 0 Å². The number of hydrogen-bond acceptors (Lipinski definition) is 4. The highest BCUT2D eigenvalue weighted by Gasteiger charge is 2.32. The first-order chi connectivity index (χ1) is 11.7. The van der Waals surface area contributed by atoms with Crippen LogP contribution >= 0.6 is 0 Å². The molecule has 0 bridgehead atoms. The van der Waals surface area contributed by atoms with Crippen molar-refractivity contribution in [3.63, 3.8) is 0 Å². The van der Waals surface area contributed by atoms with Crippen molar-refractivity contribution in [3.05, 3.63) is 47.5 Å². The lowest BCUT2D eigenvalue weighted by Gasteiger charge is -2.33. The molecule has 1 saturated heterocycles. The maximum Gasteiger partial charge on any atom is 0.410 e. The number of carbonyl (C=O) groups excluding carboxylic acids is 1. The highest BCUT2D eigenvalue weighted by molar-refractivity contribution is 5.68. The second-order valence-electron chi connectivity index (χ2n) is 6.15. The Balaban J connectivity index is 1.80. The Labute approximate surface area is 142 Å². The van der Waals surface area contributed by atoms with E-state index in [0.717, 1.165) is 43.9 Å². The first-order valence-electron chi connectivity index (χ1n) is 8.49. The molecule has 3 rings (SSSR count). The predicted octanol–water partition coefficient (Wildman–Crippen LogP) is 3.12. The number of likely N-dealkylation sites (tertiary alicyclic amines) is 1. The Morgan fingerprint density at radius 1 is 1.29 bits per heavy atom. The smallest absolute Gasteiger partial charge is 0.410 e. The summed E-state index contributed by atoms with van der Waals surface area (Å²) in [5.41, 5.74) is 1.27. The second-order valence-corrected chi connectivity index (χ2v) is 6.15. The molecule has 1 unspecified atom stereocenters. The Morgan fingerprint density at radius 2 is 2.08 bits per heavy atom. The highest BCUT2D eigenvalue weighted by Crippen LogP contribution is 2.30. The van der Waals surface area contributed by atoms with Gasteiger partial charge in [0.2, 0.25) is 0 Å². The minimum Gasteiger partial charge on any atom is -0.453 e. The van der Waals surface area contributed by atoms with Crippen LogP contribution in [0.15, 0.2) is 30.3 Å². The number of methoxy groups -OCH3 is 1. The third kappa shape index (κ3) is 3.58. The molecule has 0 N–H and O–H groups in total. The number of nitrogens with zero attached hydrogens (tertiary/aromatic N) is 4. The van der Waals surface area contributed by atoms with Gasteiger partial charge in [-0.05, 0) is 38.2 Å². The first kappa shape index (κ1) is 16.5. The summed E-state index contributed by atoms with van der Waals surface area (Å²) in [4.78, 5) is 18.5. The molecular weight excluding hydrogens is 304 g/mol. The van der Waals surface area contributed by atoms with Crippen LogP contribution in [0.25, 0.3) is 0 Å². The minimum absolute atomic E-state index is 0.0526. The number of piperidine rings is 1. The van der Waals surface area contributed by atoms with Gasteiger partial charge in [-0.1, -0.05) is 30.3 Å². The van der Waals surface area contributed by atoms with Gasteiger partial charge in [0.05, 0.1) is 13.2 Å². The molecule has 6 nitrogen and oxygen atoms in total. The van der Waals surface area contributed by atoms with Gasteiger partial charge in [0, 0.05) is 13.1 Å². The Morgan fingerprint density at radius 3 is 2.83 bits per heavy atom. The van der Waals surface area contributed by atoms with Gasteiger partial charge in [-0.2, -0.15) is 5.10 Å². The summed E-state index contributed by atoms with van der Waals surface area (Å²) in [6, 6.07) is 10.3. The van der Waals surface area contributed by atoms with Crippen LogP contribution in [0.4, 0.5) is 4.79 Å². The molecule has 24 heavy (non-hydrogen) atoms. The molecule has 1 amide bonds.